The van der Waals surface area contributed by atoms with Gasteiger partial charge in [0.1, 0.15) is 31.0 Å². The summed E-state index contributed by atoms with van der Waals surface area (Å²) in [4.78, 5) is 59.9. The molecule has 3 atom stereocenters. The largest absolute Gasteiger partial charge is 0.491 e. The number of carboxylic acid groups (broad SMARTS) is 1. The molecule has 0 bridgehead atoms. The maximum atomic E-state index is 14.0. The number of nitrogens with zero attached hydrogens (tertiary/aromatic N) is 3. The van der Waals surface area contributed by atoms with E-state index in [4.69, 9.17) is 14.6 Å². The Morgan fingerprint density at radius 2 is 1.93 bits per heavy atom. The van der Waals surface area contributed by atoms with Crippen LogP contribution >= 0.6 is 11.3 Å². The van der Waals surface area contributed by atoms with Gasteiger partial charge in [0.2, 0.25) is 11.8 Å². The monoisotopic (exact) mass is 650 g/mol. The number of β-amino-alcohol motifs (C(OH)–C–C–N with tert-alkyl or cyclic N) is 1. The molecule has 3 N–H and O–H groups in total. The smallest absolute Gasteiger partial charge is 0.329 e. The number of carboxylic acids is 1. The molecule has 12 nitrogen and oxygen atoms in total. The molecule has 3 amide bonds. The number of aliphatic hydroxyl groups is 1. The number of carbonyl (C=O) groups is 4. The second kappa shape index (κ2) is 14.4. The second-order valence-corrected chi connectivity index (χ2v) is 12.6. The number of hydrogen-bond donors (Lipinski definition) is 3. The quantitative estimate of drug-likeness (QED) is 0.237. The third kappa shape index (κ3) is 7.22. The van der Waals surface area contributed by atoms with E-state index in [9.17, 15) is 24.3 Å². The van der Waals surface area contributed by atoms with Crippen LogP contribution in [0.25, 0.3) is 10.4 Å². The Kier molecular flexibility index (Phi) is 10.3. The second-order valence-electron chi connectivity index (χ2n) is 11.8. The van der Waals surface area contributed by atoms with E-state index in [0.717, 1.165) is 21.7 Å². The molecule has 5 rings (SSSR count). The van der Waals surface area contributed by atoms with Gasteiger partial charge in [-0.25, -0.2) is 9.78 Å². The van der Waals surface area contributed by atoms with Gasteiger partial charge in [0.25, 0.3) is 5.91 Å². The van der Waals surface area contributed by atoms with Gasteiger partial charge in [-0.15, -0.1) is 11.3 Å². The summed E-state index contributed by atoms with van der Waals surface area (Å²) in [6, 6.07) is 11.1. The summed E-state index contributed by atoms with van der Waals surface area (Å²) in [6.45, 7) is 5.72. The first kappa shape index (κ1) is 33.0. The van der Waals surface area contributed by atoms with Crippen LogP contribution in [0.2, 0.25) is 0 Å². The molecular formula is C33H38N4O8S. The standard InChI is InChI=1S/C33H38N4O8S/c1-19(2)29(37-15-23-6-4-5-7-25(23)32(37)42)33(43)36-16-24(38)13-26(36)31(41)34-14-22-9-8-21(30-20(3)35-18-46-30)12-27(22)45-11-10-44-17-28(39)40/h4-9,12,18-19,24,26,29,38H,10-11,13-17H2,1-3H3,(H,34,41)(H,39,40)/t24-,26+,29+/m1/s1. The number of thiazole rings is 1. The number of likely N-dealkylation sites (tertiary alicyclic amines) is 1. The zero-order chi connectivity index (χ0) is 33.0. The number of fused-ring (bicyclic) bond motifs is 1. The number of aliphatic carboxylic acids is 1. The number of carbonyl (C=O) groups excluding carboxylic acids is 3. The molecule has 1 aromatic heterocycles. The third-order valence-electron chi connectivity index (χ3n) is 8.17. The summed E-state index contributed by atoms with van der Waals surface area (Å²) in [5, 5.41) is 22.3. The minimum Gasteiger partial charge on any atom is -0.491 e. The molecular weight excluding hydrogens is 612 g/mol. The zero-order valence-electron chi connectivity index (χ0n) is 26.0. The number of aliphatic hydroxyl groups excluding tert-OH is 1. The van der Waals surface area contributed by atoms with E-state index in [0.29, 0.717) is 23.4 Å². The summed E-state index contributed by atoms with van der Waals surface area (Å²) in [5.74, 6) is -1.85. The van der Waals surface area contributed by atoms with E-state index in [1.165, 1.54) is 16.2 Å². The van der Waals surface area contributed by atoms with Crippen molar-refractivity contribution in [1.29, 1.82) is 0 Å². The average molecular weight is 651 g/mol. The van der Waals surface area contributed by atoms with Crippen molar-refractivity contribution in [3.05, 3.63) is 70.4 Å². The van der Waals surface area contributed by atoms with Crippen LogP contribution in [0.3, 0.4) is 0 Å². The van der Waals surface area contributed by atoms with E-state index >= 15 is 0 Å². The Morgan fingerprint density at radius 1 is 1.15 bits per heavy atom. The number of ether oxygens (including phenoxy) is 2. The molecule has 46 heavy (non-hydrogen) atoms. The number of nitrogens with one attached hydrogen (secondary N) is 1. The number of aromatic nitrogens is 1. The summed E-state index contributed by atoms with van der Waals surface area (Å²) in [5.41, 5.74) is 5.58. The number of rotatable bonds is 13. The van der Waals surface area contributed by atoms with E-state index in [-0.39, 0.29) is 50.5 Å². The molecule has 2 aliphatic heterocycles. The molecule has 0 aliphatic carbocycles. The number of hydrogen-bond acceptors (Lipinski definition) is 9. The van der Waals surface area contributed by atoms with Crippen molar-refractivity contribution in [3.8, 4) is 16.2 Å². The van der Waals surface area contributed by atoms with E-state index in [2.05, 4.69) is 10.3 Å². The van der Waals surface area contributed by atoms with Gasteiger partial charge in [-0.05, 0) is 36.1 Å². The average Bonchev–Trinajstić information content (AvgIpc) is 3.72. The molecule has 0 unspecified atom stereocenters. The fourth-order valence-corrected chi connectivity index (χ4v) is 6.78. The minimum atomic E-state index is -1.08. The predicted molar refractivity (Wildman–Crippen MR) is 169 cm³/mol. The van der Waals surface area contributed by atoms with Gasteiger partial charge in [0.05, 0.1) is 28.8 Å². The third-order valence-corrected chi connectivity index (χ3v) is 9.15. The lowest BCUT2D eigenvalue weighted by Crippen LogP contribution is -2.55. The number of aryl methyl sites for hydroxylation is 1. The molecule has 3 aromatic rings. The Bertz CT molecular complexity index is 1610. The van der Waals surface area contributed by atoms with Gasteiger partial charge >= 0.3 is 5.97 Å². The lowest BCUT2D eigenvalue weighted by Gasteiger charge is -2.35. The predicted octanol–water partition coefficient (Wildman–Crippen LogP) is 2.86. The highest BCUT2D eigenvalue weighted by Gasteiger charge is 2.45. The van der Waals surface area contributed by atoms with Crippen molar-refractivity contribution < 1.29 is 38.9 Å². The molecule has 2 aromatic carbocycles. The maximum Gasteiger partial charge on any atom is 0.329 e. The van der Waals surface area contributed by atoms with Crippen LogP contribution in [-0.2, 0) is 32.2 Å². The normalized spacial score (nSPS) is 18.2. The molecule has 1 fully saturated rings. The van der Waals surface area contributed by atoms with Crippen LogP contribution < -0.4 is 10.1 Å². The molecule has 2 aliphatic rings. The highest BCUT2D eigenvalue weighted by Crippen LogP contribution is 2.33. The van der Waals surface area contributed by atoms with Crippen LogP contribution in [0.5, 0.6) is 5.75 Å². The summed E-state index contributed by atoms with van der Waals surface area (Å²) in [6.07, 6.45) is -0.810. The topological polar surface area (TPSA) is 159 Å². The Labute approximate surface area is 270 Å². The van der Waals surface area contributed by atoms with Gasteiger partial charge in [-0.3, -0.25) is 14.4 Å². The number of benzene rings is 2. The molecule has 3 heterocycles. The fraction of sp³-hybridized carbons (Fsp3) is 0.424. The first-order valence-electron chi connectivity index (χ1n) is 15.2. The maximum absolute atomic E-state index is 14.0. The first-order valence-corrected chi connectivity index (χ1v) is 16.0. The summed E-state index contributed by atoms with van der Waals surface area (Å²) < 4.78 is 11.1. The van der Waals surface area contributed by atoms with E-state index in [1.54, 1.807) is 22.5 Å². The van der Waals surface area contributed by atoms with Crippen LogP contribution in [0.4, 0.5) is 0 Å². The summed E-state index contributed by atoms with van der Waals surface area (Å²) in [7, 11) is 0. The van der Waals surface area contributed by atoms with Crippen LogP contribution in [0.15, 0.2) is 48.0 Å². The molecule has 0 spiro atoms. The highest BCUT2D eigenvalue weighted by molar-refractivity contribution is 7.13. The molecule has 13 heteroatoms. The molecule has 1 saturated heterocycles. The van der Waals surface area contributed by atoms with Gasteiger partial charge in [-0.2, -0.15) is 0 Å². The van der Waals surface area contributed by atoms with Crippen molar-refractivity contribution >= 4 is 35.0 Å². The van der Waals surface area contributed by atoms with Crippen molar-refractivity contribution in [2.45, 2.75) is 58.5 Å². The van der Waals surface area contributed by atoms with Gasteiger partial charge in [0, 0.05) is 37.2 Å². The Hall–Kier alpha value is -4.33. The SMILES string of the molecule is Cc1ncsc1-c1ccc(CNC(=O)[C@@H]2C[C@@H](O)CN2C(=O)[C@H](C(C)C)N2Cc3ccccc3C2=O)c(OCCOCC(=O)O)c1. The van der Waals surface area contributed by atoms with Crippen molar-refractivity contribution in [1.82, 2.24) is 20.1 Å². The van der Waals surface area contributed by atoms with E-state index in [1.807, 2.05) is 51.1 Å². The molecule has 0 radical (unpaired) electrons. The van der Waals surface area contributed by atoms with Gasteiger partial charge < -0.3 is 34.8 Å². The minimum absolute atomic E-state index is 0.0112. The zero-order valence-corrected chi connectivity index (χ0v) is 26.8. The van der Waals surface area contributed by atoms with Crippen LogP contribution in [0.1, 0.15) is 47.4 Å². The van der Waals surface area contributed by atoms with E-state index < -0.39 is 36.7 Å². The highest BCUT2D eigenvalue weighted by atomic mass is 32.1. The van der Waals surface area contributed by atoms with Crippen molar-refractivity contribution in [2.24, 2.45) is 5.92 Å². The molecule has 244 valence electrons. The summed E-state index contributed by atoms with van der Waals surface area (Å²) >= 11 is 1.49. The lowest BCUT2D eigenvalue weighted by atomic mass is 10.0. The van der Waals surface area contributed by atoms with Gasteiger partial charge in [0.15, 0.2) is 0 Å². The van der Waals surface area contributed by atoms with Crippen molar-refractivity contribution in [2.75, 3.05) is 26.4 Å². The molecule has 0 saturated carbocycles. The van der Waals surface area contributed by atoms with Crippen molar-refractivity contribution in [3.63, 3.8) is 0 Å². The van der Waals surface area contributed by atoms with Crippen LogP contribution in [-0.4, -0.2) is 93.2 Å². The number of amides is 3. The lowest BCUT2D eigenvalue weighted by molar-refractivity contribution is -0.143. The Morgan fingerprint density at radius 3 is 2.63 bits per heavy atom. The Balaban J connectivity index is 1.30. The fourth-order valence-electron chi connectivity index (χ4n) is 5.98. The van der Waals surface area contributed by atoms with Gasteiger partial charge in [-0.1, -0.05) is 44.2 Å². The first-order chi connectivity index (χ1) is 22.0. The van der Waals surface area contributed by atoms with Crippen LogP contribution in [0, 0.1) is 12.8 Å².